The van der Waals surface area contributed by atoms with Gasteiger partial charge in [0.2, 0.25) is 5.91 Å². The molecule has 0 radical (unpaired) electrons. The van der Waals surface area contributed by atoms with Gasteiger partial charge in [-0.05, 0) is 37.5 Å². The van der Waals surface area contributed by atoms with Crippen LogP contribution >= 0.6 is 22.9 Å². The van der Waals surface area contributed by atoms with Gasteiger partial charge >= 0.3 is 0 Å². The van der Waals surface area contributed by atoms with Crippen molar-refractivity contribution >= 4 is 34.0 Å². The molecule has 0 spiro atoms. The monoisotopic (exact) mass is 368 g/mol. The van der Waals surface area contributed by atoms with E-state index in [0.717, 1.165) is 34.5 Å². The number of aromatic nitrogens is 1. The number of aryl methyl sites for hydroxylation is 1. The van der Waals surface area contributed by atoms with Crippen LogP contribution in [0.1, 0.15) is 23.3 Å². The van der Waals surface area contributed by atoms with Gasteiger partial charge in [-0.3, -0.25) is 4.79 Å². The van der Waals surface area contributed by atoms with Crippen molar-refractivity contribution in [1.82, 2.24) is 4.98 Å². The first-order chi connectivity index (χ1) is 12.1. The Kier molecular flexibility index (Phi) is 4.10. The molecule has 0 bridgehead atoms. The summed E-state index contributed by atoms with van der Waals surface area (Å²) in [7, 11) is 0. The van der Waals surface area contributed by atoms with Crippen molar-refractivity contribution in [2.75, 3.05) is 5.32 Å². The molecule has 3 nitrogen and oxygen atoms in total. The Morgan fingerprint density at radius 2 is 1.80 bits per heavy atom. The lowest BCUT2D eigenvalue weighted by molar-refractivity contribution is -0.118. The number of halogens is 1. The topological polar surface area (TPSA) is 42.0 Å². The Bertz CT molecular complexity index is 915. The molecule has 1 saturated carbocycles. The standard InChI is InChI=1S/C20H17ClN2OS/c1-13-17(14-7-9-16(21)10-8-14)22-19(25-13)23-18(24)20(11-12-20)15-5-3-2-4-6-15/h2-10H,11-12H2,1H3,(H,22,23,24). The summed E-state index contributed by atoms with van der Waals surface area (Å²) >= 11 is 7.46. The Morgan fingerprint density at radius 1 is 1.12 bits per heavy atom. The van der Waals surface area contributed by atoms with Gasteiger partial charge in [0, 0.05) is 15.5 Å². The molecule has 4 rings (SSSR count). The van der Waals surface area contributed by atoms with E-state index >= 15 is 0 Å². The summed E-state index contributed by atoms with van der Waals surface area (Å²) in [4.78, 5) is 18.5. The predicted molar refractivity (Wildman–Crippen MR) is 103 cm³/mol. The van der Waals surface area contributed by atoms with Gasteiger partial charge in [-0.25, -0.2) is 4.98 Å². The van der Waals surface area contributed by atoms with Crippen LogP contribution in [0.3, 0.4) is 0 Å². The van der Waals surface area contributed by atoms with E-state index in [9.17, 15) is 4.79 Å². The van der Waals surface area contributed by atoms with Gasteiger partial charge < -0.3 is 5.32 Å². The smallest absolute Gasteiger partial charge is 0.236 e. The minimum absolute atomic E-state index is 0.0371. The lowest BCUT2D eigenvalue weighted by atomic mass is 9.95. The molecule has 1 aromatic heterocycles. The lowest BCUT2D eigenvalue weighted by Crippen LogP contribution is -2.27. The number of thiazole rings is 1. The number of amides is 1. The summed E-state index contributed by atoms with van der Waals surface area (Å²) in [6.45, 7) is 2.02. The van der Waals surface area contributed by atoms with Gasteiger partial charge in [0.15, 0.2) is 5.13 Å². The van der Waals surface area contributed by atoms with Crippen molar-refractivity contribution in [3.63, 3.8) is 0 Å². The number of carbonyl (C=O) groups excluding carboxylic acids is 1. The van der Waals surface area contributed by atoms with Crippen molar-refractivity contribution in [1.29, 1.82) is 0 Å². The van der Waals surface area contributed by atoms with E-state index in [1.165, 1.54) is 11.3 Å². The van der Waals surface area contributed by atoms with Gasteiger partial charge in [-0.2, -0.15) is 0 Å². The van der Waals surface area contributed by atoms with Crippen LogP contribution in [-0.2, 0) is 10.2 Å². The first kappa shape index (κ1) is 16.3. The first-order valence-corrected chi connectivity index (χ1v) is 9.38. The van der Waals surface area contributed by atoms with E-state index in [0.29, 0.717) is 10.2 Å². The molecule has 1 amide bonds. The van der Waals surface area contributed by atoms with Crippen LogP contribution in [0.2, 0.25) is 5.02 Å². The fraction of sp³-hybridized carbons (Fsp3) is 0.200. The van der Waals surface area contributed by atoms with E-state index in [2.05, 4.69) is 10.3 Å². The number of nitrogens with zero attached hydrogens (tertiary/aromatic N) is 1. The Hall–Kier alpha value is -2.17. The molecule has 2 aromatic carbocycles. The van der Waals surface area contributed by atoms with Crippen LogP contribution < -0.4 is 5.32 Å². The van der Waals surface area contributed by atoms with Gasteiger partial charge in [0.25, 0.3) is 0 Å². The summed E-state index contributed by atoms with van der Waals surface area (Å²) < 4.78 is 0. The summed E-state index contributed by atoms with van der Waals surface area (Å²) in [5, 5.41) is 4.37. The third-order valence-corrected chi connectivity index (χ3v) is 5.78. The largest absolute Gasteiger partial charge is 0.301 e. The number of anilines is 1. The SMILES string of the molecule is Cc1sc(NC(=O)C2(c3ccccc3)CC2)nc1-c1ccc(Cl)cc1. The number of benzene rings is 2. The summed E-state index contributed by atoms with van der Waals surface area (Å²) in [5.74, 6) is 0.0371. The van der Waals surface area contributed by atoms with Crippen LogP contribution in [0.25, 0.3) is 11.3 Å². The lowest BCUT2D eigenvalue weighted by Gasteiger charge is -2.14. The van der Waals surface area contributed by atoms with E-state index in [-0.39, 0.29) is 11.3 Å². The number of carbonyl (C=O) groups is 1. The summed E-state index contributed by atoms with van der Waals surface area (Å²) in [5.41, 5.74) is 2.59. The maximum absolute atomic E-state index is 12.8. The number of rotatable bonds is 4. The highest BCUT2D eigenvalue weighted by Crippen LogP contribution is 2.49. The fourth-order valence-corrected chi connectivity index (χ4v) is 4.03. The molecule has 0 saturated heterocycles. The molecule has 25 heavy (non-hydrogen) atoms. The molecular weight excluding hydrogens is 352 g/mol. The number of hydrogen-bond acceptors (Lipinski definition) is 3. The molecule has 1 heterocycles. The second-order valence-corrected chi connectivity index (χ2v) is 7.97. The number of hydrogen-bond donors (Lipinski definition) is 1. The van der Waals surface area contributed by atoms with Crippen molar-refractivity contribution in [3.8, 4) is 11.3 Å². The zero-order chi connectivity index (χ0) is 17.4. The summed E-state index contributed by atoms with van der Waals surface area (Å²) in [6, 6.07) is 17.6. The van der Waals surface area contributed by atoms with E-state index in [1.54, 1.807) is 0 Å². The van der Waals surface area contributed by atoms with Crippen LogP contribution in [0.4, 0.5) is 5.13 Å². The molecule has 5 heteroatoms. The highest BCUT2D eigenvalue weighted by Gasteiger charge is 2.51. The van der Waals surface area contributed by atoms with Crippen LogP contribution in [-0.4, -0.2) is 10.9 Å². The Balaban J connectivity index is 1.57. The second kappa shape index (κ2) is 6.28. The van der Waals surface area contributed by atoms with Gasteiger partial charge in [-0.15, -0.1) is 11.3 Å². The van der Waals surface area contributed by atoms with Crippen molar-refractivity contribution in [2.45, 2.75) is 25.2 Å². The van der Waals surface area contributed by atoms with Crippen molar-refractivity contribution in [2.24, 2.45) is 0 Å². The van der Waals surface area contributed by atoms with Crippen LogP contribution in [0.5, 0.6) is 0 Å². The minimum atomic E-state index is -0.388. The van der Waals surface area contributed by atoms with Gasteiger partial charge in [0.1, 0.15) is 0 Å². The highest BCUT2D eigenvalue weighted by atomic mass is 35.5. The normalized spacial score (nSPS) is 15.0. The van der Waals surface area contributed by atoms with Crippen LogP contribution in [0, 0.1) is 6.92 Å². The molecule has 0 atom stereocenters. The zero-order valence-electron chi connectivity index (χ0n) is 13.8. The average molecular weight is 369 g/mol. The fourth-order valence-electron chi connectivity index (χ4n) is 3.07. The van der Waals surface area contributed by atoms with E-state index in [4.69, 9.17) is 11.6 Å². The maximum atomic E-state index is 12.8. The molecule has 0 aliphatic heterocycles. The number of nitrogens with one attached hydrogen (secondary N) is 1. The molecule has 1 fully saturated rings. The minimum Gasteiger partial charge on any atom is -0.301 e. The van der Waals surface area contributed by atoms with Crippen molar-refractivity contribution < 1.29 is 4.79 Å². The van der Waals surface area contributed by atoms with Crippen molar-refractivity contribution in [3.05, 3.63) is 70.1 Å². The Morgan fingerprint density at radius 3 is 2.44 bits per heavy atom. The van der Waals surface area contributed by atoms with Gasteiger partial charge in [0.05, 0.1) is 11.1 Å². The molecule has 126 valence electrons. The third kappa shape index (κ3) is 3.08. The predicted octanol–water partition coefficient (Wildman–Crippen LogP) is 5.44. The van der Waals surface area contributed by atoms with E-state index < -0.39 is 0 Å². The maximum Gasteiger partial charge on any atom is 0.236 e. The molecule has 3 aromatic rings. The average Bonchev–Trinajstić information content (AvgIpc) is 3.36. The molecular formula is C20H17ClN2OS. The van der Waals surface area contributed by atoms with Crippen LogP contribution in [0.15, 0.2) is 54.6 Å². The first-order valence-electron chi connectivity index (χ1n) is 8.19. The van der Waals surface area contributed by atoms with Gasteiger partial charge in [-0.1, -0.05) is 54.1 Å². The Labute approximate surface area is 155 Å². The quantitative estimate of drug-likeness (QED) is 0.666. The molecule has 1 aliphatic carbocycles. The molecule has 1 N–H and O–H groups in total. The van der Waals surface area contributed by atoms with E-state index in [1.807, 2.05) is 61.5 Å². The third-order valence-electron chi connectivity index (χ3n) is 4.65. The second-order valence-electron chi connectivity index (χ2n) is 6.33. The molecule has 0 unspecified atom stereocenters. The molecule has 1 aliphatic rings. The summed E-state index contributed by atoms with van der Waals surface area (Å²) in [6.07, 6.45) is 1.77. The highest BCUT2D eigenvalue weighted by molar-refractivity contribution is 7.16. The zero-order valence-corrected chi connectivity index (χ0v) is 15.3.